The van der Waals surface area contributed by atoms with Gasteiger partial charge in [0.2, 0.25) is 0 Å². The van der Waals surface area contributed by atoms with Crippen LogP contribution in [0, 0.1) is 0 Å². The second kappa shape index (κ2) is 7.62. The van der Waals surface area contributed by atoms with E-state index >= 15 is 0 Å². The van der Waals surface area contributed by atoms with Crippen molar-refractivity contribution in [2.75, 3.05) is 13.1 Å². The number of likely N-dealkylation sites (N-methyl/N-ethyl adjacent to an activating group) is 1. The van der Waals surface area contributed by atoms with Gasteiger partial charge in [0.05, 0.1) is 11.2 Å². The molecule has 122 valence electrons. The molecule has 0 unspecified atom stereocenters. The van der Waals surface area contributed by atoms with E-state index in [9.17, 15) is 9.90 Å². The van der Waals surface area contributed by atoms with Gasteiger partial charge in [0, 0.05) is 24.2 Å². The maximum Gasteiger partial charge on any atom is 0.256 e. The molecular weight excluding hydrogens is 308 g/mol. The van der Waals surface area contributed by atoms with Crippen LogP contribution in [0.4, 0.5) is 0 Å². The number of carbonyl (C=O) groups excluding carboxylic acids is 1. The van der Waals surface area contributed by atoms with Crippen LogP contribution < -0.4 is 0 Å². The molecule has 0 atom stereocenters. The van der Waals surface area contributed by atoms with Crippen molar-refractivity contribution in [1.29, 1.82) is 0 Å². The first-order valence-corrected chi connectivity index (χ1v) is 8.42. The zero-order chi connectivity index (χ0) is 16.9. The average Bonchev–Trinajstić information content (AvgIpc) is 2.52. The predicted octanol–water partition coefficient (Wildman–Crippen LogP) is 3.47. The number of pyridine rings is 1. The van der Waals surface area contributed by atoms with Crippen molar-refractivity contribution in [3.63, 3.8) is 0 Å². The summed E-state index contributed by atoms with van der Waals surface area (Å²) in [5.41, 5.74) is -0.367. The summed E-state index contributed by atoms with van der Waals surface area (Å²) in [6, 6.07) is 13.4. The Morgan fingerprint density at radius 3 is 2.52 bits per heavy atom. The lowest BCUT2D eigenvalue weighted by Crippen LogP contribution is -2.42. The summed E-state index contributed by atoms with van der Waals surface area (Å²) in [4.78, 5) is 19.9. The number of aliphatic hydroxyl groups is 1. The zero-order valence-corrected chi connectivity index (χ0v) is 14.5. The minimum Gasteiger partial charge on any atom is -0.389 e. The molecule has 0 spiro atoms. The third-order valence-corrected chi connectivity index (χ3v) is 4.23. The smallest absolute Gasteiger partial charge is 0.256 e. The quantitative estimate of drug-likeness (QED) is 0.881. The fourth-order valence-corrected chi connectivity index (χ4v) is 3.10. The SMILES string of the molecule is CCN(CC(C)(C)O)C(=O)c1cccnc1Sc1ccccc1. The number of carbonyl (C=O) groups is 1. The van der Waals surface area contributed by atoms with E-state index in [-0.39, 0.29) is 12.5 Å². The van der Waals surface area contributed by atoms with Gasteiger partial charge in [-0.2, -0.15) is 0 Å². The summed E-state index contributed by atoms with van der Waals surface area (Å²) in [5, 5.41) is 10.7. The zero-order valence-electron chi connectivity index (χ0n) is 13.7. The summed E-state index contributed by atoms with van der Waals surface area (Å²) in [6.45, 7) is 6.13. The molecule has 5 heteroatoms. The molecule has 1 aromatic carbocycles. The van der Waals surface area contributed by atoms with Gasteiger partial charge in [-0.05, 0) is 45.0 Å². The van der Waals surface area contributed by atoms with Crippen LogP contribution in [0.2, 0.25) is 0 Å². The molecule has 2 aromatic rings. The van der Waals surface area contributed by atoms with E-state index in [4.69, 9.17) is 0 Å². The standard InChI is InChI=1S/C18H22N2O2S/c1-4-20(13-18(2,3)22)17(21)15-11-8-12-19-16(15)23-14-9-6-5-7-10-14/h5-12,22H,4,13H2,1-3H3. The van der Waals surface area contributed by atoms with Crippen LogP contribution in [-0.4, -0.2) is 39.6 Å². The molecule has 1 N–H and O–H groups in total. The van der Waals surface area contributed by atoms with Crippen LogP contribution in [0.3, 0.4) is 0 Å². The normalized spacial score (nSPS) is 11.3. The Morgan fingerprint density at radius 2 is 1.91 bits per heavy atom. The van der Waals surface area contributed by atoms with E-state index in [1.165, 1.54) is 11.8 Å². The van der Waals surface area contributed by atoms with Gasteiger partial charge in [0.1, 0.15) is 5.03 Å². The topological polar surface area (TPSA) is 53.4 Å². The molecule has 4 nitrogen and oxygen atoms in total. The van der Waals surface area contributed by atoms with E-state index in [0.29, 0.717) is 17.1 Å². The summed E-state index contributed by atoms with van der Waals surface area (Å²) < 4.78 is 0. The Morgan fingerprint density at radius 1 is 1.22 bits per heavy atom. The monoisotopic (exact) mass is 330 g/mol. The van der Waals surface area contributed by atoms with Gasteiger partial charge in [0.15, 0.2) is 0 Å². The number of hydrogen-bond donors (Lipinski definition) is 1. The summed E-state index contributed by atoms with van der Waals surface area (Å²) in [5.74, 6) is -0.110. The molecule has 0 fully saturated rings. The third kappa shape index (κ3) is 5.08. The maximum atomic E-state index is 12.8. The van der Waals surface area contributed by atoms with Gasteiger partial charge in [-0.3, -0.25) is 4.79 Å². The highest BCUT2D eigenvalue weighted by Crippen LogP contribution is 2.29. The molecule has 1 amide bonds. The Hall–Kier alpha value is -1.85. The summed E-state index contributed by atoms with van der Waals surface area (Å²) >= 11 is 1.47. The predicted molar refractivity (Wildman–Crippen MR) is 92.7 cm³/mol. The van der Waals surface area contributed by atoms with E-state index in [1.807, 2.05) is 37.3 Å². The molecule has 0 aliphatic carbocycles. The second-order valence-corrected chi connectivity index (χ2v) is 6.97. The van der Waals surface area contributed by atoms with Gasteiger partial charge in [-0.1, -0.05) is 30.0 Å². The van der Waals surface area contributed by atoms with Crippen molar-refractivity contribution in [3.8, 4) is 0 Å². The van der Waals surface area contributed by atoms with Gasteiger partial charge in [-0.25, -0.2) is 4.98 Å². The molecule has 1 heterocycles. The molecule has 0 bridgehead atoms. The van der Waals surface area contributed by atoms with Crippen LogP contribution >= 0.6 is 11.8 Å². The van der Waals surface area contributed by atoms with E-state index < -0.39 is 5.60 Å². The fraction of sp³-hybridized carbons (Fsp3) is 0.333. The Bertz CT molecular complexity index is 654. The number of amides is 1. The van der Waals surface area contributed by atoms with Crippen molar-refractivity contribution < 1.29 is 9.90 Å². The van der Waals surface area contributed by atoms with Crippen molar-refractivity contribution >= 4 is 17.7 Å². The Labute approximate surface area is 141 Å². The second-order valence-electron chi connectivity index (χ2n) is 5.90. The third-order valence-electron chi connectivity index (χ3n) is 3.21. The largest absolute Gasteiger partial charge is 0.389 e. The molecule has 1 aromatic heterocycles. The van der Waals surface area contributed by atoms with E-state index in [1.54, 1.807) is 37.1 Å². The molecule has 0 saturated heterocycles. The van der Waals surface area contributed by atoms with Crippen LogP contribution in [-0.2, 0) is 0 Å². The van der Waals surface area contributed by atoms with E-state index in [2.05, 4.69) is 4.98 Å². The van der Waals surface area contributed by atoms with Crippen LogP contribution in [0.25, 0.3) is 0 Å². The minimum absolute atomic E-state index is 0.110. The molecule has 0 aliphatic rings. The van der Waals surface area contributed by atoms with Crippen molar-refractivity contribution in [2.45, 2.75) is 36.3 Å². The molecular formula is C18H22N2O2S. The van der Waals surface area contributed by atoms with Crippen LogP contribution in [0.5, 0.6) is 0 Å². The van der Waals surface area contributed by atoms with Gasteiger partial charge >= 0.3 is 0 Å². The fourth-order valence-electron chi connectivity index (χ4n) is 2.20. The van der Waals surface area contributed by atoms with Crippen molar-refractivity contribution in [1.82, 2.24) is 9.88 Å². The summed E-state index contributed by atoms with van der Waals surface area (Å²) in [6.07, 6.45) is 1.69. The lowest BCUT2D eigenvalue weighted by Gasteiger charge is -2.28. The molecule has 23 heavy (non-hydrogen) atoms. The van der Waals surface area contributed by atoms with Gasteiger partial charge in [-0.15, -0.1) is 0 Å². The number of rotatable bonds is 6. The van der Waals surface area contributed by atoms with Gasteiger partial charge in [0.25, 0.3) is 5.91 Å². The molecule has 0 saturated carbocycles. The lowest BCUT2D eigenvalue weighted by atomic mass is 10.1. The first-order valence-electron chi connectivity index (χ1n) is 7.60. The summed E-state index contributed by atoms with van der Waals surface area (Å²) in [7, 11) is 0. The van der Waals surface area contributed by atoms with E-state index in [0.717, 1.165) is 4.90 Å². The number of benzene rings is 1. The number of hydrogen-bond acceptors (Lipinski definition) is 4. The van der Waals surface area contributed by atoms with Crippen molar-refractivity contribution in [3.05, 3.63) is 54.2 Å². The van der Waals surface area contributed by atoms with Crippen molar-refractivity contribution in [2.24, 2.45) is 0 Å². The highest BCUT2D eigenvalue weighted by molar-refractivity contribution is 7.99. The highest BCUT2D eigenvalue weighted by Gasteiger charge is 2.24. The number of aromatic nitrogens is 1. The highest BCUT2D eigenvalue weighted by atomic mass is 32.2. The first kappa shape index (κ1) is 17.5. The lowest BCUT2D eigenvalue weighted by molar-refractivity contribution is 0.0312. The molecule has 0 aliphatic heterocycles. The average molecular weight is 330 g/mol. The minimum atomic E-state index is -0.930. The molecule has 2 rings (SSSR count). The Balaban J connectivity index is 2.26. The van der Waals surface area contributed by atoms with Crippen LogP contribution in [0.1, 0.15) is 31.1 Å². The Kier molecular flexibility index (Phi) is 5.80. The van der Waals surface area contributed by atoms with Gasteiger partial charge < -0.3 is 10.0 Å². The van der Waals surface area contributed by atoms with Crippen LogP contribution in [0.15, 0.2) is 58.6 Å². The molecule has 0 radical (unpaired) electrons. The maximum absolute atomic E-state index is 12.8. The number of nitrogens with zero attached hydrogens (tertiary/aromatic N) is 2. The first-order chi connectivity index (χ1) is 10.9.